The first-order valence-electron chi connectivity index (χ1n) is 13.5. The SMILES string of the molecule is CN(c1cc(=O)n(C)c2ccc(C#N)nc12)C1CCC(N(C[C@H]2COCCO2)c2cccc3c2OCO3)CC1. The lowest BCUT2D eigenvalue weighted by atomic mass is 9.88. The number of nitriles is 1. The molecule has 1 aliphatic carbocycles. The van der Waals surface area contributed by atoms with Gasteiger partial charge < -0.3 is 33.3 Å². The summed E-state index contributed by atoms with van der Waals surface area (Å²) in [4.78, 5) is 21.9. The Hall–Kier alpha value is -3.81. The van der Waals surface area contributed by atoms with Crippen LogP contribution in [0.25, 0.3) is 11.0 Å². The first-order chi connectivity index (χ1) is 19.0. The summed E-state index contributed by atoms with van der Waals surface area (Å²) >= 11 is 0. The van der Waals surface area contributed by atoms with Crippen molar-refractivity contribution >= 4 is 22.4 Å². The Morgan fingerprint density at radius 1 is 1.08 bits per heavy atom. The molecule has 204 valence electrons. The van der Waals surface area contributed by atoms with E-state index in [1.54, 1.807) is 29.8 Å². The van der Waals surface area contributed by atoms with Crippen LogP contribution in [0, 0.1) is 11.3 Å². The summed E-state index contributed by atoms with van der Waals surface area (Å²) in [5.74, 6) is 1.56. The molecule has 2 aromatic heterocycles. The summed E-state index contributed by atoms with van der Waals surface area (Å²) in [5.41, 5.74) is 3.44. The molecule has 0 amide bonds. The third kappa shape index (κ3) is 4.88. The minimum Gasteiger partial charge on any atom is -0.454 e. The normalized spacial score (nSPS) is 22.4. The van der Waals surface area contributed by atoms with Crippen molar-refractivity contribution in [3.63, 3.8) is 0 Å². The molecule has 1 aromatic carbocycles. The highest BCUT2D eigenvalue weighted by atomic mass is 16.7. The average molecular weight is 532 g/mol. The molecule has 2 fully saturated rings. The number of ether oxygens (including phenoxy) is 4. The molecule has 1 saturated carbocycles. The number of nitrogens with zero attached hydrogens (tertiary/aromatic N) is 5. The number of anilines is 2. The molecule has 6 rings (SSSR count). The van der Waals surface area contributed by atoms with E-state index >= 15 is 0 Å². The molecule has 0 bridgehead atoms. The molecule has 0 spiro atoms. The lowest BCUT2D eigenvalue weighted by Crippen LogP contribution is -2.48. The fourth-order valence-electron chi connectivity index (χ4n) is 6.04. The van der Waals surface area contributed by atoms with Crippen molar-refractivity contribution in [1.82, 2.24) is 9.55 Å². The van der Waals surface area contributed by atoms with Crippen molar-refractivity contribution in [3.05, 3.63) is 52.4 Å². The molecule has 10 heteroatoms. The number of hydrogen-bond donors (Lipinski definition) is 0. The minimum absolute atomic E-state index is 0.00960. The van der Waals surface area contributed by atoms with Crippen LogP contribution in [0.3, 0.4) is 0 Å². The molecule has 39 heavy (non-hydrogen) atoms. The molecule has 4 heterocycles. The van der Waals surface area contributed by atoms with Crippen LogP contribution in [0.2, 0.25) is 0 Å². The summed E-state index contributed by atoms with van der Waals surface area (Å²) in [6, 6.07) is 13.8. The van der Waals surface area contributed by atoms with Gasteiger partial charge in [-0.05, 0) is 49.9 Å². The van der Waals surface area contributed by atoms with Crippen molar-refractivity contribution < 1.29 is 18.9 Å². The maximum Gasteiger partial charge on any atom is 0.252 e. The highest BCUT2D eigenvalue weighted by molar-refractivity contribution is 5.88. The fraction of sp³-hybridized carbons (Fsp3) is 0.483. The van der Waals surface area contributed by atoms with Crippen molar-refractivity contribution in [3.8, 4) is 17.6 Å². The number of fused-ring (bicyclic) bond motifs is 2. The van der Waals surface area contributed by atoms with E-state index in [1.807, 2.05) is 19.2 Å². The monoisotopic (exact) mass is 531 g/mol. The summed E-state index contributed by atoms with van der Waals surface area (Å²) in [7, 11) is 3.76. The number of hydrogen-bond acceptors (Lipinski definition) is 9. The first-order valence-corrected chi connectivity index (χ1v) is 13.5. The minimum atomic E-state index is -0.0921. The molecule has 10 nitrogen and oxygen atoms in total. The largest absolute Gasteiger partial charge is 0.454 e. The summed E-state index contributed by atoms with van der Waals surface area (Å²) in [5, 5.41) is 9.42. The van der Waals surface area contributed by atoms with Gasteiger partial charge in [-0.3, -0.25) is 4.79 Å². The lowest BCUT2D eigenvalue weighted by Gasteiger charge is -2.43. The Bertz CT molecular complexity index is 1450. The third-order valence-electron chi connectivity index (χ3n) is 8.19. The highest BCUT2D eigenvalue weighted by Gasteiger charge is 2.33. The van der Waals surface area contributed by atoms with Gasteiger partial charge in [0, 0.05) is 38.8 Å². The van der Waals surface area contributed by atoms with E-state index in [4.69, 9.17) is 18.9 Å². The van der Waals surface area contributed by atoms with Crippen LogP contribution in [0.1, 0.15) is 31.4 Å². The van der Waals surface area contributed by atoms with Crippen LogP contribution >= 0.6 is 0 Å². The molecular weight excluding hydrogens is 498 g/mol. The average Bonchev–Trinajstić information content (AvgIpc) is 3.47. The second kappa shape index (κ2) is 10.8. The molecular formula is C29H33N5O5. The maximum absolute atomic E-state index is 12.8. The van der Waals surface area contributed by atoms with Gasteiger partial charge in [-0.15, -0.1) is 0 Å². The van der Waals surface area contributed by atoms with Gasteiger partial charge in [0.25, 0.3) is 5.56 Å². The summed E-state index contributed by atoms with van der Waals surface area (Å²) < 4.78 is 24.9. The van der Waals surface area contributed by atoms with Gasteiger partial charge in [-0.1, -0.05) is 6.07 Å². The third-order valence-corrected chi connectivity index (χ3v) is 8.19. The van der Waals surface area contributed by atoms with Gasteiger partial charge in [0.15, 0.2) is 11.5 Å². The molecule has 0 radical (unpaired) electrons. The maximum atomic E-state index is 12.8. The van der Waals surface area contributed by atoms with E-state index < -0.39 is 0 Å². The predicted molar refractivity (Wildman–Crippen MR) is 147 cm³/mol. The van der Waals surface area contributed by atoms with Crippen LogP contribution in [0.4, 0.5) is 11.4 Å². The van der Waals surface area contributed by atoms with E-state index in [1.165, 1.54) is 0 Å². The lowest BCUT2D eigenvalue weighted by molar-refractivity contribution is -0.0846. The molecule has 1 atom stereocenters. The fourth-order valence-corrected chi connectivity index (χ4v) is 6.04. The van der Waals surface area contributed by atoms with Gasteiger partial charge in [-0.25, -0.2) is 4.98 Å². The number of para-hydroxylation sites is 1. The molecule has 1 saturated heterocycles. The topological polar surface area (TPSA) is 102 Å². The van der Waals surface area contributed by atoms with Gasteiger partial charge in [-0.2, -0.15) is 5.26 Å². The Labute approximate surface area is 227 Å². The van der Waals surface area contributed by atoms with Gasteiger partial charge >= 0.3 is 0 Å². The zero-order valence-corrected chi connectivity index (χ0v) is 22.3. The smallest absolute Gasteiger partial charge is 0.252 e. The summed E-state index contributed by atoms with van der Waals surface area (Å²) in [6.45, 7) is 2.76. The quantitative estimate of drug-likeness (QED) is 0.474. The predicted octanol–water partition coefficient (Wildman–Crippen LogP) is 3.20. The highest BCUT2D eigenvalue weighted by Crippen LogP contribution is 2.43. The second-order valence-electron chi connectivity index (χ2n) is 10.4. The molecule has 3 aromatic rings. The van der Waals surface area contributed by atoms with Crippen LogP contribution in [-0.2, 0) is 16.5 Å². The van der Waals surface area contributed by atoms with Gasteiger partial charge in [0.2, 0.25) is 6.79 Å². The number of rotatable bonds is 6. The zero-order chi connectivity index (χ0) is 26.9. The van der Waals surface area contributed by atoms with E-state index in [0.717, 1.165) is 54.1 Å². The standard InChI is InChI=1S/C29H33N5O5/c1-32(25-14-27(35)33(2)23-11-6-19(15-30)31-28(23)25)20-7-9-21(10-8-20)34(16-22-17-36-12-13-37-22)24-4-3-5-26-29(24)39-18-38-26/h3-6,11,14,20-22H,7-10,12-13,16-18H2,1-2H3/t20?,21?,22-/m0/s1. The van der Waals surface area contributed by atoms with Crippen molar-refractivity contribution in [2.45, 2.75) is 43.9 Å². The number of aryl methyl sites for hydroxylation is 1. The number of aromatic nitrogens is 2. The first kappa shape index (κ1) is 25.5. The summed E-state index contributed by atoms with van der Waals surface area (Å²) in [6.07, 6.45) is 3.81. The van der Waals surface area contributed by atoms with Gasteiger partial charge in [0.05, 0.1) is 42.8 Å². The second-order valence-corrected chi connectivity index (χ2v) is 10.4. The van der Waals surface area contributed by atoms with Crippen LogP contribution in [0.15, 0.2) is 41.2 Å². The molecule has 0 unspecified atom stereocenters. The van der Waals surface area contributed by atoms with Crippen molar-refractivity contribution in [2.75, 3.05) is 50.0 Å². The molecule has 0 N–H and O–H groups in total. The Balaban J connectivity index is 1.24. The van der Waals surface area contributed by atoms with Crippen LogP contribution in [-0.4, -0.2) is 67.9 Å². The zero-order valence-electron chi connectivity index (χ0n) is 22.3. The molecule has 2 aliphatic heterocycles. The van der Waals surface area contributed by atoms with Crippen molar-refractivity contribution in [2.24, 2.45) is 7.05 Å². The van der Waals surface area contributed by atoms with Crippen molar-refractivity contribution in [1.29, 1.82) is 5.26 Å². The van der Waals surface area contributed by atoms with E-state index in [-0.39, 0.29) is 24.5 Å². The Morgan fingerprint density at radius 3 is 2.67 bits per heavy atom. The number of pyridine rings is 2. The Kier molecular flexibility index (Phi) is 7.02. The Morgan fingerprint density at radius 2 is 1.90 bits per heavy atom. The van der Waals surface area contributed by atoms with Crippen LogP contribution < -0.4 is 24.8 Å². The number of benzene rings is 1. The van der Waals surface area contributed by atoms with Crippen LogP contribution in [0.5, 0.6) is 11.5 Å². The van der Waals surface area contributed by atoms with E-state index in [9.17, 15) is 10.1 Å². The van der Waals surface area contributed by atoms with Gasteiger partial charge in [0.1, 0.15) is 17.3 Å². The van der Waals surface area contributed by atoms with E-state index in [0.29, 0.717) is 43.6 Å². The molecule has 3 aliphatic rings. The van der Waals surface area contributed by atoms with E-state index in [2.05, 4.69) is 26.9 Å².